The fourth-order valence-electron chi connectivity index (χ4n) is 2.28. The Labute approximate surface area is 153 Å². The van der Waals surface area contributed by atoms with E-state index in [9.17, 15) is 5.11 Å². The van der Waals surface area contributed by atoms with Crippen LogP contribution in [0.1, 0.15) is 52.4 Å². The highest BCUT2D eigenvalue weighted by atomic mass is 16.6. The fraction of sp³-hybridized carbons (Fsp3) is 1.00. The van der Waals surface area contributed by atoms with Crippen molar-refractivity contribution in [3.05, 3.63) is 0 Å². The molecule has 3 aliphatic rings. The largest absolute Gasteiger partial charge is 0.388 e. The van der Waals surface area contributed by atoms with E-state index in [2.05, 4.69) is 0 Å². The van der Waals surface area contributed by atoms with Crippen LogP contribution in [0.3, 0.4) is 0 Å². The Morgan fingerprint density at radius 2 is 1.16 bits per heavy atom. The molecule has 6 heteroatoms. The highest BCUT2D eigenvalue weighted by Crippen LogP contribution is 2.15. The molecule has 2 heterocycles. The maximum Gasteiger partial charge on any atom is 0.104 e. The van der Waals surface area contributed by atoms with Crippen LogP contribution in [0.15, 0.2) is 0 Å². The van der Waals surface area contributed by atoms with Crippen molar-refractivity contribution >= 4 is 0 Å². The lowest BCUT2D eigenvalue weighted by molar-refractivity contribution is -0.0188. The molecule has 0 amide bonds. The average molecular weight is 363 g/mol. The molecule has 3 rings (SSSR count). The molecule has 0 radical (unpaired) electrons. The van der Waals surface area contributed by atoms with Crippen LogP contribution in [0.2, 0.25) is 0 Å². The minimum atomic E-state index is -0.510. The third kappa shape index (κ3) is 17.0. The lowest BCUT2D eigenvalue weighted by Gasteiger charge is -2.09. The van der Waals surface area contributed by atoms with E-state index in [4.69, 9.17) is 23.7 Å². The summed E-state index contributed by atoms with van der Waals surface area (Å²) in [6, 6.07) is 0. The van der Waals surface area contributed by atoms with E-state index in [1.807, 2.05) is 13.8 Å². The normalized spacial score (nSPS) is 25.1. The molecule has 0 aromatic carbocycles. The van der Waals surface area contributed by atoms with Crippen LogP contribution in [-0.2, 0) is 23.7 Å². The molecule has 0 spiro atoms. The lowest BCUT2D eigenvalue weighted by Crippen LogP contribution is -2.22. The molecule has 25 heavy (non-hydrogen) atoms. The second-order valence-electron chi connectivity index (χ2n) is 6.54. The first-order valence-electron chi connectivity index (χ1n) is 9.90. The zero-order valence-electron chi connectivity index (χ0n) is 16.1. The van der Waals surface area contributed by atoms with E-state index >= 15 is 0 Å². The van der Waals surface area contributed by atoms with Crippen LogP contribution in [-0.4, -0.2) is 76.3 Å². The van der Waals surface area contributed by atoms with E-state index in [1.54, 1.807) is 0 Å². The summed E-state index contributed by atoms with van der Waals surface area (Å²) in [7, 11) is 0. The van der Waals surface area contributed by atoms with Gasteiger partial charge >= 0.3 is 0 Å². The van der Waals surface area contributed by atoms with Crippen molar-refractivity contribution in [3.63, 3.8) is 0 Å². The molecular weight excluding hydrogens is 324 g/mol. The smallest absolute Gasteiger partial charge is 0.104 e. The van der Waals surface area contributed by atoms with E-state index < -0.39 is 6.10 Å². The van der Waals surface area contributed by atoms with Crippen molar-refractivity contribution in [1.82, 2.24) is 0 Å². The minimum Gasteiger partial charge on any atom is -0.388 e. The maximum atomic E-state index is 9.22. The lowest BCUT2D eigenvalue weighted by atomic mass is 10.0. The predicted octanol–water partition coefficient (Wildman–Crippen LogP) is 2.56. The molecule has 2 aliphatic heterocycles. The Bertz CT molecular complexity index is 266. The SMILES string of the molecule is C1CCCCC1.CCOCC(O)COCC1CO1.CCOCC1CO1. The summed E-state index contributed by atoms with van der Waals surface area (Å²) in [5.74, 6) is 0. The molecule has 0 aromatic rings. The van der Waals surface area contributed by atoms with Gasteiger partial charge in [-0.2, -0.15) is 0 Å². The van der Waals surface area contributed by atoms with Gasteiger partial charge in [-0.1, -0.05) is 38.5 Å². The number of rotatable bonds is 10. The molecule has 3 unspecified atom stereocenters. The summed E-state index contributed by atoms with van der Waals surface area (Å²) in [5, 5.41) is 9.22. The molecule has 3 atom stereocenters. The number of hydrogen-bond donors (Lipinski definition) is 1. The molecule has 0 bridgehead atoms. The fourth-order valence-corrected chi connectivity index (χ4v) is 2.28. The first kappa shape index (κ1) is 22.8. The van der Waals surface area contributed by atoms with Crippen molar-refractivity contribution in [2.24, 2.45) is 0 Å². The molecule has 1 aliphatic carbocycles. The van der Waals surface area contributed by atoms with Gasteiger partial charge in [-0.3, -0.25) is 0 Å². The van der Waals surface area contributed by atoms with E-state index in [-0.39, 0.29) is 6.10 Å². The Kier molecular flexibility index (Phi) is 14.6. The van der Waals surface area contributed by atoms with Crippen molar-refractivity contribution in [1.29, 1.82) is 0 Å². The quantitative estimate of drug-likeness (QED) is 0.602. The van der Waals surface area contributed by atoms with Gasteiger partial charge in [0.25, 0.3) is 0 Å². The third-order valence-corrected chi connectivity index (χ3v) is 3.94. The zero-order chi connectivity index (χ0) is 18.2. The standard InChI is InChI=1S/C8H16O4.C6H12.C5H10O2/c1-2-10-3-7(9)4-11-5-8-6-12-8;1-2-4-6-5-3-1;1-2-6-3-5-4-7-5/h7-9H,2-6H2,1H3;1-6H2;5H,2-4H2,1H3. The topological polar surface area (TPSA) is 73.0 Å². The van der Waals surface area contributed by atoms with Crippen molar-refractivity contribution in [2.75, 3.05) is 52.9 Å². The number of hydrogen-bond acceptors (Lipinski definition) is 6. The summed E-state index contributed by atoms with van der Waals surface area (Å²) in [4.78, 5) is 0. The second kappa shape index (κ2) is 16.0. The summed E-state index contributed by atoms with van der Waals surface area (Å²) in [6.07, 6.45) is 9.19. The van der Waals surface area contributed by atoms with Gasteiger partial charge in [0.2, 0.25) is 0 Å². The van der Waals surface area contributed by atoms with Gasteiger partial charge in [-0.25, -0.2) is 0 Å². The van der Waals surface area contributed by atoms with Crippen LogP contribution in [0.4, 0.5) is 0 Å². The Morgan fingerprint density at radius 1 is 0.760 bits per heavy atom. The molecule has 0 aromatic heterocycles. The highest BCUT2D eigenvalue weighted by Gasteiger charge is 2.22. The zero-order valence-corrected chi connectivity index (χ0v) is 16.1. The van der Waals surface area contributed by atoms with Gasteiger partial charge in [0.1, 0.15) is 18.3 Å². The summed E-state index contributed by atoms with van der Waals surface area (Å²) in [6.45, 7) is 9.07. The average Bonchev–Trinajstić information content (AvgIpc) is 3.56. The molecule has 2 saturated heterocycles. The van der Waals surface area contributed by atoms with Gasteiger partial charge in [0.15, 0.2) is 0 Å². The summed E-state index contributed by atoms with van der Waals surface area (Å²) < 4.78 is 25.0. The van der Waals surface area contributed by atoms with Gasteiger partial charge in [-0.15, -0.1) is 0 Å². The summed E-state index contributed by atoms with van der Waals surface area (Å²) in [5.41, 5.74) is 0. The van der Waals surface area contributed by atoms with E-state index in [0.717, 1.165) is 26.4 Å². The number of epoxide rings is 2. The molecular formula is C19H38O6. The second-order valence-corrected chi connectivity index (χ2v) is 6.54. The minimum absolute atomic E-state index is 0.268. The highest BCUT2D eigenvalue weighted by molar-refractivity contribution is 4.67. The van der Waals surface area contributed by atoms with Crippen LogP contribution in [0, 0.1) is 0 Å². The molecule has 1 N–H and O–H groups in total. The Hall–Kier alpha value is -0.240. The van der Waals surface area contributed by atoms with Gasteiger partial charge in [-0.05, 0) is 13.8 Å². The maximum absolute atomic E-state index is 9.22. The van der Waals surface area contributed by atoms with Gasteiger partial charge in [0, 0.05) is 13.2 Å². The molecule has 3 fully saturated rings. The third-order valence-electron chi connectivity index (χ3n) is 3.94. The molecule has 1 saturated carbocycles. The van der Waals surface area contributed by atoms with Crippen LogP contribution >= 0.6 is 0 Å². The Morgan fingerprint density at radius 3 is 1.56 bits per heavy atom. The first-order valence-corrected chi connectivity index (χ1v) is 9.90. The van der Waals surface area contributed by atoms with Crippen molar-refractivity contribution < 1.29 is 28.8 Å². The van der Waals surface area contributed by atoms with Crippen LogP contribution in [0.5, 0.6) is 0 Å². The predicted molar refractivity (Wildman–Crippen MR) is 97.0 cm³/mol. The number of ether oxygens (including phenoxy) is 5. The summed E-state index contributed by atoms with van der Waals surface area (Å²) >= 11 is 0. The van der Waals surface area contributed by atoms with Crippen LogP contribution in [0.25, 0.3) is 0 Å². The monoisotopic (exact) mass is 362 g/mol. The van der Waals surface area contributed by atoms with E-state index in [0.29, 0.717) is 32.5 Å². The molecule has 150 valence electrons. The first-order chi connectivity index (χ1) is 12.3. The van der Waals surface area contributed by atoms with Crippen molar-refractivity contribution in [3.8, 4) is 0 Å². The number of aliphatic hydroxyl groups is 1. The molecule has 6 nitrogen and oxygen atoms in total. The number of aliphatic hydroxyl groups excluding tert-OH is 1. The van der Waals surface area contributed by atoms with Crippen molar-refractivity contribution in [2.45, 2.75) is 70.7 Å². The van der Waals surface area contributed by atoms with E-state index in [1.165, 1.54) is 38.5 Å². The Balaban J connectivity index is 0.000000203. The van der Waals surface area contributed by atoms with Gasteiger partial charge < -0.3 is 28.8 Å². The van der Waals surface area contributed by atoms with Gasteiger partial charge in [0.05, 0.1) is 39.6 Å². The van der Waals surface area contributed by atoms with Crippen LogP contribution < -0.4 is 0 Å².